The highest BCUT2D eigenvalue weighted by Gasteiger charge is 2.28. The van der Waals surface area contributed by atoms with Crippen molar-refractivity contribution in [3.8, 4) is 28.2 Å². The van der Waals surface area contributed by atoms with E-state index in [1.165, 1.54) is 24.3 Å². The van der Waals surface area contributed by atoms with Gasteiger partial charge in [-0.15, -0.1) is 0 Å². The lowest BCUT2D eigenvalue weighted by Gasteiger charge is -2.23. The second-order valence-corrected chi connectivity index (χ2v) is 9.41. The summed E-state index contributed by atoms with van der Waals surface area (Å²) >= 11 is 0. The van der Waals surface area contributed by atoms with E-state index in [1.54, 1.807) is 0 Å². The van der Waals surface area contributed by atoms with Crippen molar-refractivity contribution in [2.24, 2.45) is 0 Å². The molecular formula is C20H9O11S2-3. The van der Waals surface area contributed by atoms with Crippen LogP contribution in [-0.4, -0.2) is 37.0 Å². The zero-order valence-corrected chi connectivity index (χ0v) is 17.6. The summed E-state index contributed by atoms with van der Waals surface area (Å²) in [6.45, 7) is 0. The molecule has 33 heavy (non-hydrogen) atoms. The average Bonchev–Trinajstić information content (AvgIpc) is 2.69. The summed E-state index contributed by atoms with van der Waals surface area (Å²) in [6.07, 6.45) is 0. The molecule has 13 heteroatoms. The molecule has 1 N–H and O–H groups in total. The number of hydrogen-bond acceptors (Lipinski definition) is 10. The Labute approximate surface area is 185 Å². The number of carbonyl (C=O) groups is 1. The van der Waals surface area contributed by atoms with Crippen LogP contribution in [0.2, 0.25) is 0 Å². The van der Waals surface area contributed by atoms with Crippen LogP contribution in [-0.2, 0) is 20.2 Å². The molecule has 2 aromatic carbocycles. The minimum Gasteiger partial charge on any atom is -0.872 e. The Bertz CT molecular complexity index is 1720. The van der Waals surface area contributed by atoms with E-state index in [-0.39, 0.29) is 27.6 Å². The Hall–Kier alpha value is -3.78. The topological polar surface area (TPSA) is 205 Å². The highest BCUT2D eigenvalue weighted by Crippen LogP contribution is 2.45. The van der Waals surface area contributed by atoms with Gasteiger partial charge in [0.2, 0.25) is 0 Å². The molecule has 0 radical (unpaired) electrons. The number of carboxylic acids is 1. The summed E-state index contributed by atoms with van der Waals surface area (Å²) in [5.41, 5.74) is -3.02. The molecule has 11 nitrogen and oxygen atoms in total. The lowest BCUT2D eigenvalue weighted by atomic mass is 9.91. The largest absolute Gasteiger partial charge is 0.872 e. The summed E-state index contributed by atoms with van der Waals surface area (Å²) in [7, 11) is -11.0. The minimum absolute atomic E-state index is 0.0865. The van der Waals surface area contributed by atoms with Crippen molar-refractivity contribution < 1.29 is 45.4 Å². The fourth-order valence-corrected chi connectivity index (χ4v) is 4.97. The summed E-state index contributed by atoms with van der Waals surface area (Å²) in [5, 5.41) is 21.6. The standard InChI is InChI=1S/C20H12O11S2/c21-13-7-5-11-15(9-3-1-2-4-10(9)20(23)24)12-6-8-14(22)19(33(28,29)30)17(12)31-16(11)18(13)32(25,26)27/h1-8,21H,(H,23,24)(H,25,26,27)(H,28,29,30)/p-3. The van der Waals surface area contributed by atoms with Gasteiger partial charge in [-0.1, -0.05) is 36.1 Å². The highest BCUT2D eigenvalue weighted by molar-refractivity contribution is 7.86. The van der Waals surface area contributed by atoms with Crippen LogP contribution in [0.25, 0.3) is 33.4 Å². The van der Waals surface area contributed by atoms with Gasteiger partial charge >= 0.3 is 5.97 Å². The van der Waals surface area contributed by atoms with Gasteiger partial charge in [-0.25, -0.2) is 21.6 Å². The van der Waals surface area contributed by atoms with Gasteiger partial charge in [0.15, 0.2) is 16.8 Å². The lowest BCUT2D eigenvalue weighted by Crippen LogP contribution is -2.16. The van der Waals surface area contributed by atoms with Crippen molar-refractivity contribution in [2.45, 2.75) is 9.79 Å². The predicted molar refractivity (Wildman–Crippen MR) is 107 cm³/mol. The van der Waals surface area contributed by atoms with E-state index < -0.39 is 58.5 Å². The minimum atomic E-state index is -5.49. The Kier molecular flexibility index (Phi) is 5.01. The van der Waals surface area contributed by atoms with Crippen LogP contribution in [0.15, 0.2) is 67.5 Å². The Morgan fingerprint density at radius 1 is 0.848 bits per heavy atom. The first kappa shape index (κ1) is 22.4. The van der Waals surface area contributed by atoms with Crippen molar-refractivity contribution in [3.05, 3.63) is 64.3 Å². The normalized spacial score (nSPS) is 12.3. The third-order valence-corrected chi connectivity index (χ3v) is 6.59. The van der Waals surface area contributed by atoms with Crippen LogP contribution in [0.1, 0.15) is 10.4 Å². The first-order chi connectivity index (χ1) is 15.3. The van der Waals surface area contributed by atoms with E-state index in [2.05, 4.69) is 0 Å². The summed E-state index contributed by atoms with van der Waals surface area (Å²) in [6, 6.07) is 8.90. The van der Waals surface area contributed by atoms with Gasteiger partial charge in [0.25, 0.3) is 0 Å². The summed E-state index contributed by atoms with van der Waals surface area (Å²) < 4.78 is 76.2. The van der Waals surface area contributed by atoms with Crippen molar-refractivity contribution in [1.82, 2.24) is 0 Å². The molecule has 0 unspecified atom stereocenters. The van der Waals surface area contributed by atoms with Crippen molar-refractivity contribution in [1.29, 1.82) is 0 Å². The SMILES string of the molecule is O=C(O)c1ccccc1-c1c2ccc(=O)c(S(=O)(=O)[O-])c-2oc2c(S(=O)(=O)[O-])c([O-])ccc12. The second kappa shape index (κ2) is 7.38. The maximum atomic E-state index is 12.2. The van der Waals surface area contributed by atoms with Gasteiger partial charge in [0, 0.05) is 16.5 Å². The monoisotopic (exact) mass is 489 g/mol. The van der Waals surface area contributed by atoms with Crippen molar-refractivity contribution in [2.75, 3.05) is 0 Å². The van der Waals surface area contributed by atoms with Crippen molar-refractivity contribution in [3.63, 3.8) is 0 Å². The number of fused-ring (bicyclic) bond motifs is 2. The van der Waals surface area contributed by atoms with E-state index in [0.717, 1.165) is 24.3 Å². The van der Waals surface area contributed by atoms with Crippen LogP contribution in [0.3, 0.4) is 0 Å². The fraction of sp³-hybridized carbons (Fsp3) is 0. The van der Waals surface area contributed by atoms with E-state index in [1.807, 2.05) is 0 Å². The van der Waals surface area contributed by atoms with E-state index in [0.29, 0.717) is 0 Å². The van der Waals surface area contributed by atoms with Gasteiger partial charge in [-0.05, 0) is 23.8 Å². The zero-order chi connectivity index (χ0) is 24.3. The summed E-state index contributed by atoms with van der Waals surface area (Å²) in [5.74, 6) is -3.62. The number of hydrogen-bond donors (Lipinski definition) is 1. The Balaban J connectivity index is 2.40. The van der Waals surface area contributed by atoms with Gasteiger partial charge in [-0.3, -0.25) is 4.79 Å². The van der Waals surface area contributed by atoms with E-state index in [4.69, 9.17) is 4.42 Å². The molecule has 2 aliphatic rings. The molecule has 4 rings (SSSR count). The molecule has 0 fully saturated rings. The maximum absolute atomic E-state index is 12.2. The summed E-state index contributed by atoms with van der Waals surface area (Å²) in [4.78, 5) is 21.3. The first-order valence-corrected chi connectivity index (χ1v) is 11.6. The van der Waals surface area contributed by atoms with Crippen LogP contribution < -0.4 is 10.5 Å². The quantitative estimate of drug-likeness (QED) is 0.318. The predicted octanol–water partition coefficient (Wildman–Crippen LogP) is 1.14. The second-order valence-electron chi connectivity index (χ2n) is 6.78. The highest BCUT2D eigenvalue weighted by atomic mass is 32.2. The Morgan fingerprint density at radius 2 is 1.48 bits per heavy atom. The first-order valence-electron chi connectivity index (χ1n) is 8.80. The molecule has 1 aliphatic carbocycles. The number of carboxylic acid groups (broad SMARTS) is 1. The third-order valence-electron chi connectivity index (χ3n) is 4.82. The van der Waals surface area contributed by atoms with Crippen LogP contribution in [0.5, 0.6) is 5.75 Å². The van der Waals surface area contributed by atoms with E-state index >= 15 is 0 Å². The van der Waals surface area contributed by atoms with Crippen molar-refractivity contribution >= 4 is 37.2 Å². The lowest BCUT2D eigenvalue weighted by molar-refractivity contribution is -0.272. The van der Waals surface area contributed by atoms with Gasteiger partial charge in [-0.2, -0.15) is 0 Å². The van der Waals surface area contributed by atoms with Gasteiger partial charge < -0.3 is 23.7 Å². The number of aromatic carboxylic acids is 1. The fourth-order valence-electron chi connectivity index (χ4n) is 3.58. The number of benzene rings is 3. The molecule has 0 saturated heterocycles. The molecule has 0 bridgehead atoms. The molecule has 0 atom stereocenters. The molecule has 0 aromatic heterocycles. The molecule has 2 aromatic rings. The van der Waals surface area contributed by atoms with E-state index in [9.17, 15) is 45.7 Å². The third kappa shape index (κ3) is 3.62. The van der Waals surface area contributed by atoms with Crippen LogP contribution >= 0.6 is 0 Å². The van der Waals surface area contributed by atoms with Crippen LogP contribution in [0, 0.1) is 0 Å². The molecule has 0 saturated carbocycles. The molecule has 170 valence electrons. The molecule has 0 spiro atoms. The van der Waals surface area contributed by atoms with Gasteiger partial charge in [0.1, 0.15) is 25.1 Å². The number of rotatable bonds is 4. The molecule has 0 amide bonds. The molecule has 1 heterocycles. The zero-order valence-electron chi connectivity index (χ0n) is 16.0. The van der Waals surface area contributed by atoms with Gasteiger partial charge in [0.05, 0.1) is 10.5 Å². The maximum Gasteiger partial charge on any atom is 0.336 e. The average molecular weight is 489 g/mol. The Morgan fingerprint density at radius 3 is 2.09 bits per heavy atom. The molecule has 1 aliphatic heterocycles. The smallest absolute Gasteiger partial charge is 0.336 e. The molecular weight excluding hydrogens is 480 g/mol. The van der Waals surface area contributed by atoms with Crippen LogP contribution in [0.4, 0.5) is 0 Å².